The molecule has 5 nitrogen and oxygen atoms in total. The van der Waals surface area contributed by atoms with Gasteiger partial charge in [0.1, 0.15) is 6.04 Å². The Kier molecular flexibility index (Phi) is 4.21. The molecular weight excluding hydrogens is 146 g/mol. The lowest BCUT2D eigenvalue weighted by Crippen LogP contribution is -2.30. The van der Waals surface area contributed by atoms with Crippen molar-refractivity contribution in [2.24, 2.45) is 11.5 Å². The Balaban J connectivity index is 3.39. The van der Waals surface area contributed by atoms with Crippen LogP contribution in [0.25, 0.3) is 0 Å². The van der Waals surface area contributed by atoms with E-state index in [1.807, 2.05) is 0 Å². The van der Waals surface area contributed by atoms with E-state index in [1.54, 1.807) is 0 Å². The highest BCUT2D eigenvalue weighted by atomic mass is 16.4. The summed E-state index contributed by atoms with van der Waals surface area (Å²) in [6, 6.07) is -0.825. The second-order valence-corrected chi connectivity index (χ2v) is 2.36. The molecule has 1 unspecified atom stereocenters. The third kappa shape index (κ3) is 5.35. The van der Waals surface area contributed by atoms with Gasteiger partial charge in [0.05, 0.1) is 5.84 Å². The van der Waals surface area contributed by atoms with E-state index in [4.69, 9.17) is 22.0 Å². The van der Waals surface area contributed by atoms with Crippen molar-refractivity contribution in [2.75, 3.05) is 0 Å². The van der Waals surface area contributed by atoms with Crippen molar-refractivity contribution in [1.82, 2.24) is 0 Å². The molecule has 0 bridgehead atoms. The minimum absolute atomic E-state index is 0.0718. The second kappa shape index (κ2) is 4.68. The van der Waals surface area contributed by atoms with E-state index >= 15 is 0 Å². The fourth-order valence-corrected chi connectivity index (χ4v) is 0.636. The highest BCUT2D eigenvalue weighted by Crippen LogP contribution is 1.97. The molecule has 0 saturated carbocycles. The van der Waals surface area contributed by atoms with Crippen LogP contribution in [0.5, 0.6) is 0 Å². The zero-order valence-corrected chi connectivity index (χ0v) is 6.21. The first-order valence-corrected chi connectivity index (χ1v) is 3.35. The van der Waals surface area contributed by atoms with Gasteiger partial charge in [-0.05, 0) is 12.8 Å². The number of hydrogen-bond acceptors (Lipinski definition) is 3. The Labute approximate surface area is 64.9 Å². The van der Waals surface area contributed by atoms with Crippen LogP contribution < -0.4 is 11.5 Å². The molecule has 0 fully saturated rings. The fraction of sp³-hybridized carbons (Fsp3) is 0.667. The van der Waals surface area contributed by atoms with E-state index in [2.05, 4.69) is 0 Å². The van der Waals surface area contributed by atoms with E-state index in [0.29, 0.717) is 19.3 Å². The van der Waals surface area contributed by atoms with Crippen LogP contribution in [0, 0.1) is 5.41 Å². The molecule has 64 valence electrons. The van der Waals surface area contributed by atoms with Gasteiger partial charge in [-0.2, -0.15) is 0 Å². The molecule has 0 rings (SSSR count). The van der Waals surface area contributed by atoms with Crippen molar-refractivity contribution < 1.29 is 9.90 Å². The Morgan fingerprint density at radius 3 is 2.55 bits per heavy atom. The van der Waals surface area contributed by atoms with Gasteiger partial charge in [0.25, 0.3) is 0 Å². The zero-order chi connectivity index (χ0) is 8.85. The van der Waals surface area contributed by atoms with Crippen LogP contribution in [0.15, 0.2) is 0 Å². The molecule has 0 aromatic carbocycles. The van der Waals surface area contributed by atoms with Crippen LogP contribution in [0.1, 0.15) is 19.3 Å². The molecule has 0 spiro atoms. The number of carboxylic acid groups (broad SMARTS) is 1. The van der Waals surface area contributed by atoms with Gasteiger partial charge in [0.15, 0.2) is 0 Å². The zero-order valence-electron chi connectivity index (χ0n) is 6.21. The fourth-order valence-electron chi connectivity index (χ4n) is 0.636. The van der Waals surface area contributed by atoms with Crippen LogP contribution in [0.3, 0.4) is 0 Å². The summed E-state index contributed by atoms with van der Waals surface area (Å²) < 4.78 is 0. The van der Waals surface area contributed by atoms with Gasteiger partial charge in [-0.25, -0.2) is 0 Å². The van der Waals surface area contributed by atoms with Crippen molar-refractivity contribution in [2.45, 2.75) is 25.3 Å². The van der Waals surface area contributed by atoms with Gasteiger partial charge in [-0.15, -0.1) is 0 Å². The van der Waals surface area contributed by atoms with E-state index in [1.165, 1.54) is 0 Å². The van der Waals surface area contributed by atoms with Gasteiger partial charge >= 0.3 is 5.97 Å². The first-order chi connectivity index (χ1) is 5.04. The quantitative estimate of drug-likeness (QED) is 0.320. The number of hydrogen-bond donors (Lipinski definition) is 4. The Bertz CT molecular complexity index is 158. The number of aliphatic carboxylic acids is 1. The summed E-state index contributed by atoms with van der Waals surface area (Å²) in [6.45, 7) is 0. The SMILES string of the molecule is N=C(N)CCCC(N)C(=O)O. The molecule has 0 amide bonds. The lowest BCUT2D eigenvalue weighted by molar-refractivity contribution is -0.138. The number of rotatable bonds is 5. The predicted molar refractivity (Wildman–Crippen MR) is 41.4 cm³/mol. The van der Waals surface area contributed by atoms with Crippen molar-refractivity contribution >= 4 is 11.8 Å². The molecule has 6 N–H and O–H groups in total. The largest absolute Gasteiger partial charge is 0.480 e. The molecule has 0 aromatic heterocycles. The molecular formula is C6H13N3O2. The molecule has 5 heteroatoms. The molecule has 1 atom stereocenters. The van der Waals surface area contributed by atoms with Gasteiger partial charge in [-0.1, -0.05) is 0 Å². The maximum absolute atomic E-state index is 10.2. The summed E-state index contributed by atoms with van der Waals surface area (Å²) in [5.74, 6) is -0.934. The number of carboxylic acids is 1. The first kappa shape index (κ1) is 9.90. The van der Waals surface area contributed by atoms with Crippen LogP contribution in [-0.2, 0) is 4.79 Å². The van der Waals surface area contributed by atoms with Gasteiger partial charge in [0.2, 0.25) is 0 Å². The molecule has 0 aliphatic rings. The molecule has 0 heterocycles. The molecule has 0 aliphatic carbocycles. The normalized spacial score (nSPS) is 12.5. The van der Waals surface area contributed by atoms with Crippen molar-refractivity contribution in [3.05, 3.63) is 0 Å². The van der Waals surface area contributed by atoms with Crippen molar-refractivity contribution in [3.63, 3.8) is 0 Å². The minimum atomic E-state index is -1.01. The summed E-state index contributed by atoms with van der Waals surface area (Å²) in [4.78, 5) is 10.2. The van der Waals surface area contributed by atoms with Crippen LogP contribution >= 0.6 is 0 Å². The lowest BCUT2D eigenvalue weighted by Gasteiger charge is -2.04. The van der Waals surface area contributed by atoms with Gasteiger partial charge in [0, 0.05) is 6.42 Å². The summed E-state index contributed by atoms with van der Waals surface area (Å²) >= 11 is 0. The average molecular weight is 159 g/mol. The van der Waals surface area contributed by atoms with E-state index in [9.17, 15) is 4.79 Å². The topological polar surface area (TPSA) is 113 Å². The number of amidine groups is 1. The van der Waals surface area contributed by atoms with Crippen molar-refractivity contribution in [3.8, 4) is 0 Å². The second-order valence-electron chi connectivity index (χ2n) is 2.36. The Hall–Kier alpha value is -1.10. The molecule has 11 heavy (non-hydrogen) atoms. The summed E-state index contributed by atoms with van der Waals surface area (Å²) in [7, 11) is 0. The summed E-state index contributed by atoms with van der Waals surface area (Å²) in [5, 5.41) is 15.2. The van der Waals surface area contributed by atoms with E-state index < -0.39 is 12.0 Å². The lowest BCUT2D eigenvalue weighted by atomic mass is 10.1. The highest BCUT2D eigenvalue weighted by molar-refractivity contribution is 5.77. The molecule has 0 saturated heterocycles. The van der Waals surface area contributed by atoms with E-state index in [0.717, 1.165) is 0 Å². The first-order valence-electron chi connectivity index (χ1n) is 3.35. The number of nitrogens with one attached hydrogen (secondary N) is 1. The van der Waals surface area contributed by atoms with Crippen LogP contribution in [-0.4, -0.2) is 23.0 Å². The maximum Gasteiger partial charge on any atom is 0.320 e. The third-order valence-corrected chi connectivity index (χ3v) is 1.28. The smallest absolute Gasteiger partial charge is 0.320 e. The summed E-state index contributed by atoms with van der Waals surface area (Å²) in [6.07, 6.45) is 1.35. The average Bonchev–Trinajstić information content (AvgIpc) is 1.86. The van der Waals surface area contributed by atoms with Crippen LogP contribution in [0.4, 0.5) is 0 Å². The minimum Gasteiger partial charge on any atom is -0.480 e. The Morgan fingerprint density at radius 2 is 2.18 bits per heavy atom. The molecule has 0 aromatic rings. The van der Waals surface area contributed by atoms with Gasteiger partial charge in [-0.3, -0.25) is 10.2 Å². The predicted octanol–water partition coefficient (Wildman–Crippen LogP) is -0.495. The van der Waals surface area contributed by atoms with E-state index in [-0.39, 0.29) is 5.84 Å². The summed E-state index contributed by atoms with van der Waals surface area (Å²) in [5.41, 5.74) is 10.2. The molecule has 0 aliphatic heterocycles. The monoisotopic (exact) mass is 159 g/mol. The third-order valence-electron chi connectivity index (χ3n) is 1.28. The van der Waals surface area contributed by atoms with Gasteiger partial charge < -0.3 is 16.6 Å². The maximum atomic E-state index is 10.2. The van der Waals surface area contributed by atoms with Crippen molar-refractivity contribution in [1.29, 1.82) is 5.41 Å². The molecule has 0 radical (unpaired) electrons. The Morgan fingerprint density at radius 1 is 1.64 bits per heavy atom. The number of nitrogens with two attached hydrogens (primary N) is 2. The standard InChI is InChI=1S/C6H13N3O2/c7-4(6(10)11)2-1-3-5(8)9/h4H,1-3,7H2,(H3,8,9)(H,10,11). The number of carbonyl (C=O) groups is 1. The van der Waals surface area contributed by atoms with Crippen LogP contribution in [0.2, 0.25) is 0 Å². The highest BCUT2D eigenvalue weighted by Gasteiger charge is 2.09.